The number of hydrogen-bond acceptors (Lipinski definition) is 5. The molecule has 4 rings (SSSR count). The van der Waals surface area contributed by atoms with Crippen LogP contribution in [0.1, 0.15) is 16.7 Å². The number of thiazole rings is 1. The Bertz CT molecular complexity index is 1140. The summed E-state index contributed by atoms with van der Waals surface area (Å²) in [5, 5.41) is 6.86. The summed E-state index contributed by atoms with van der Waals surface area (Å²) < 4.78 is 19.1. The van der Waals surface area contributed by atoms with Gasteiger partial charge < -0.3 is 4.74 Å². The second-order valence-electron chi connectivity index (χ2n) is 6.73. The maximum Gasteiger partial charge on any atom is 0.203 e. The molecule has 150 valence electrons. The lowest BCUT2D eigenvalue weighted by Crippen LogP contribution is -1.99. The molecule has 0 aliphatic rings. The summed E-state index contributed by atoms with van der Waals surface area (Å²) in [4.78, 5) is 4.49. The van der Waals surface area contributed by atoms with E-state index in [1.54, 1.807) is 18.3 Å². The van der Waals surface area contributed by atoms with Crippen molar-refractivity contribution in [2.24, 2.45) is 5.10 Å². The van der Waals surface area contributed by atoms with Gasteiger partial charge in [-0.3, -0.25) is 5.43 Å². The van der Waals surface area contributed by atoms with Gasteiger partial charge in [0, 0.05) is 16.5 Å². The second kappa shape index (κ2) is 9.33. The van der Waals surface area contributed by atoms with E-state index in [1.165, 1.54) is 29.0 Å². The molecule has 0 fully saturated rings. The van der Waals surface area contributed by atoms with Crippen LogP contribution in [0.3, 0.4) is 0 Å². The number of nitrogens with one attached hydrogen (secondary N) is 1. The van der Waals surface area contributed by atoms with Crippen molar-refractivity contribution in [1.29, 1.82) is 0 Å². The summed E-state index contributed by atoms with van der Waals surface area (Å²) in [6, 6.07) is 22.3. The third kappa shape index (κ3) is 5.10. The van der Waals surface area contributed by atoms with Gasteiger partial charge in [-0.05, 0) is 48.9 Å². The summed E-state index contributed by atoms with van der Waals surface area (Å²) in [5.41, 5.74) is 7.79. The predicted octanol–water partition coefficient (Wildman–Crippen LogP) is 6.28. The molecule has 6 heteroatoms. The number of anilines is 1. The molecule has 0 bridgehead atoms. The SMILES string of the molecule is Cc1ccc(COc2ccccc2/C=N\Nc2nc(-c3ccc(F)cc3)cs2)cc1. The van der Waals surface area contributed by atoms with Crippen LogP contribution in [0.4, 0.5) is 9.52 Å². The molecule has 0 saturated carbocycles. The van der Waals surface area contributed by atoms with Crippen LogP contribution in [-0.2, 0) is 6.61 Å². The number of halogens is 1. The summed E-state index contributed by atoms with van der Waals surface area (Å²) in [6.07, 6.45) is 1.71. The van der Waals surface area contributed by atoms with Gasteiger partial charge in [0.1, 0.15) is 18.2 Å². The van der Waals surface area contributed by atoms with E-state index in [4.69, 9.17) is 4.74 Å². The van der Waals surface area contributed by atoms with Gasteiger partial charge in [-0.15, -0.1) is 11.3 Å². The molecule has 0 saturated heterocycles. The van der Waals surface area contributed by atoms with Crippen molar-refractivity contribution in [3.8, 4) is 17.0 Å². The Morgan fingerprint density at radius 1 is 1.03 bits per heavy atom. The van der Waals surface area contributed by atoms with Gasteiger partial charge in [-0.25, -0.2) is 9.37 Å². The summed E-state index contributed by atoms with van der Waals surface area (Å²) >= 11 is 1.44. The highest BCUT2D eigenvalue weighted by atomic mass is 32.1. The molecule has 0 spiro atoms. The monoisotopic (exact) mass is 417 g/mol. The molecular formula is C24H20FN3OS. The van der Waals surface area contributed by atoms with Crippen molar-refractivity contribution in [2.75, 3.05) is 5.43 Å². The molecule has 4 aromatic rings. The minimum Gasteiger partial charge on any atom is -0.488 e. The van der Waals surface area contributed by atoms with E-state index in [-0.39, 0.29) is 5.82 Å². The van der Waals surface area contributed by atoms with E-state index in [9.17, 15) is 4.39 Å². The van der Waals surface area contributed by atoms with Crippen molar-refractivity contribution in [2.45, 2.75) is 13.5 Å². The number of benzene rings is 3. The Morgan fingerprint density at radius 3 is 2.60 bits per heavy atom. The Labute approximate surface area is 178 Å². The van der Waals surface area contributed by atoms with Crippen LogP contribution < -0.4 is 10.2 Å². The molecule has 0 amide bonds. The first-order chi connectivity index (χ1) is 14.7. The summed E-state index contributed by atoms with van der Waals surface area (Å²) in [7, 11) is 0. The summed E-state index contributed by atoms with van der Waals surface area (Å²) in [5.74, 6) is 0.495. The maximum atomic E-state index is 13.1. The Hall–Kier alpha value is -3.51. The number of hydrazone groups is 1. The van der Waals surface area contributed by atoms with Crippen molar-refractivity contribution < 1.29 is 9.13 Å². The fourth-order valence-corrected chi connectivity index (χ4v) is 3.47. The van der Waals surface area contributed by atoms with Crippen LogP contribution in [-0.4, -0.2) is 11.2 Å². The van der Waals surface area contributed by atoms with E-state index >= 15 is 0 Å². The molecule has 0 radical (unpaired) electrons. The van der Waals surface area contributed by atoms with E-state index in [2.05, 4.69) is 46.7 Å². The van der Waals surface area contributed by atoms with Crippen molar-refractivity contribution >= 4 is 22.7 Å². The minimum atomic E-state index is -0.264. The predicted molar refractivity (Wildman–Crippen MR) is 121 cm³/mol. The van der Waals surface area contributed by atoms with Crippen LogP contribution in [0, 0.1) is 12.7 Å². The van der Waals surface area contributed by atoms with Crippen molar-refractivity contribution in [3.63, 3.8) is 0 Å². The standard InChI is InChI=1S/C24H20FN3OS/c1-17-6-8-18(9-7-17)15-29-23-5-3-2-4-20(23)14-26-28-24-27-22(16-30-24)19-10-12-21(25)13-11-19/h2-14,16H,15H2,1H3,(H,27,28)/b26-14-. The first-order valence-corrected chi connectivity index (χ1v) is 10.3. The van der Waals surface area contributed by atoms with Crippen LogP contribution in [0.15, 0.2) is 83.3 Å². The normalized spacial score (nSPS) is 11.0. The van der Waals surface area contributed by atoms with E-state index in [0.29, 0.717) is 11.7 Å². The number of aromatic nitrogens is 1. The molecule has 4 nitrogen and oxygen atoms in total. The molecular weight excluding hydrogens is 397 g/mol. The zero-order valence-corrected chi connectivity index (χ0v) is 17.2. The summed E-state index contributed by atoms with van der Waals surface area (Å²) in [6.45, 7) is 2.56. The lowest BCUT2D eigenvalue weighted by Gasteiger charge is -2.09. The molecule has 1 aromatic heterocycles. The number of ether oxygens (including phenoxy) is 1. The van der Waals surface area contributed by atoms with E-state index in [1.807, 2.05) is 29.6 Å². The van der Waals surface area contributed by atoms with Crippen LogP contribution in [0.2, 0.25) is 0 Å². The van der Waals surface area contributed by atoms with Crippen LogP contribution in [0.25, 0.3) is 11.3 Å². The average Bonchev–Trinajstić information content (AvgIpc) is 3.23. The zero-order valence-electron chi connectivity index (χ0n) is 16.4. The third-order valence-corrected chi connectivity index (χ3v) is 5.19. The highest BCUT2D eigenvalue weighted by Crippen LogP contribution is 2.25. The molecule has 0 aliphatic carbocycles. The zero-order chi connectivity index (χ0) is 20.8. The molecule has 0 atom stereocenters. The highest BCUT2D eigenvalue weighted by molar-refractivity contribution is 7.14. The molecule has 1 heterocycles. The molecule has 1 N–H and O–H groups in total. The van der Waals surface area contributed by atoms with Gasteiger partial charge in [0.25, 0.3) is 0 Å². The Morgan fingerprint density at radius 2 is 1.80 bits per heavy atom. The number of aryl methyl sites for hydroxylation is 1. The quantitative estimate of drug-likeness (QED) is 0.284. The van der Waals surface area contributed by atoms with Gasteiger partial charge in [-0.1, -0.05) is 42.0 Å². The fraction of sp³-hybridized carbons (Fsp3) is 0.0833. The molecule has 3 aromatic carbocycles. The van der Waals surface area contributed by atoms with Gasteiger partial charge in [-0.2, -0.15) is 5.10 Å². The number of nitrogens with zero attached hydrogens (tertiary/aromatic N) is 2. The van der Waals surface area contributed by atoms with Gasteiger partial charge in [0.05, 0.1) is 11.9 Å². The van der Waals surface area contributed by atoms with Crippen LogP contribution >= 0.6 is 11.3 Å². The Balaban J connectivity index is 1.40. The third-order valence-electron chi connectivity index (χ3n) is 4.44. The van der Waals surface area contributed by atoms with E-state index < -0.39 is 0 Å². The van der Waals surface area contributed by atoms with Crippen LogP contribution in [0.5, 0.6) is 5.75 Å². The number of para-hydroxylation sites is 1. The van der Waals surface area contributed by atoms with Gasteiger partial charge in [0.2, 0.25) is 5.13 Å². The van der Waals surface area contributed by atoms with Gasteiger partial charge >= 0.3 is 0 Å². The lowest BCUT2D eigenvalue weighted by molar-refractivity contribution is 0.306. The Kier molecular flexibility index (Phi) is 6.15. The van der Waals surface area contributed by atoms with Crippen molar-refractivity contribution in [3.05, 3.63) is 101 Å². The topological polar surface area (TPSA) is 46.5 Å². The fourth-order valence-electron chi connectivity index (χ4n) is 2.80. The van der Waals surface area contributed by atoms with E-state index in [0.717, 1.165) is 28.1 Å². The van der Waals surface area contributed by atoms with Gasteiger partial charge in [0.15, 0.2) is 0 Å². The number of hydrogen-bond donors (Lipinski definition) is 1. The molecule has 0 unspecified atom stereocenters. The lowest BCUT2D eigenvalue weighted by atomic mass is 10.1. The average molecular weight is 418 g/mol. The molecule has 0 aliphatic heterocycles. The smallest absolute Gasteiger partial charge is 0.203 e. The molecule has 30 heavy (non-hydrogen) atoms. The maximum absolute atomic E-state index is 13.1. The van der Waals surface area contributed by atoms with Crippen molar-refractivity contribution in [1.82, 2.24) is 4.98 Å². The second-order valence-corrected chi connectivity index (χ2v) is 7.58. The highest BCUT2D eigenvalue weighted by Gasteiger charge is 2.05. The minimum absolute atomic E-state index is 0.264. The first-order valence-electron chi connectivity index (χ1n) is 9.45. The largest absolute Gasteiger partial charge is 0.488 e. The number of rotatable bonds is 7. The first kappa shape index (κ1) is 19.8.